The van der Waals surface area contributed by atoms with Crippen LogP contribution in [0.15, 0.2) is 0 Å². The smallest absolute Gasteiger partial charge is 0.401 e. The van der Waals surface area contributed by atoms with Crippen LogP contribution in [0.25, 0.3) is 0 Å². The van der Waals surface area contributed by atoms with Crippen molar-refractivity contribution in [1.82, 2.24) is 14.8 Å². The molecular weight excluding hydrogens is 184 g/mol. The lowest BCUT2D eigenvalue weighted by molar-refractivity contribution is -0.168. The van der Waals surface area contributed by atoms with Gasteiger partial charge in [-0.1, -0.05) is 0 Å². The van der Waals surface area contributed by atoms with Crippen LogP contribution in [0.1, 0.15) is 11.6 Å². The van der Waals surface area contributed by atoms with Crippen molar-refractivity contribution in [3.05, 3.63) is 11.6 Å². The van der Waals surface area contributed by atoms with Crippen LogP contribution in [-0.2, 0) is 17.8 Å². The van der Waals surface area contributed by atoms with E-state index in [9.17, 15) is 13.6 Å². The van der Waals surface area contributed by atoms with Crippen LogP contribution in [0.4, 0.5) is 8.78 Å². The van der Waals surface area contributed by atoms with Gasteiger partial charge in [-0.25, -0.2) is 4.79 Å². The Morgan fingerprint density at radius 2 is 2.08 bits per heavy atom. The average Bonchev–Trinajstić information content (AvgIpc) is 2.33. The normalized spacial score (nSPS) is 11.7. The highest BCUT2D eigenvalue weighted by atomic mass is 19.3. The van der Waals surface area contributed by atoms with Crippen molar-refractivity contribution in [1.29, 1.82) is 0 Å². The van der Waals surface area contributed by atoms with Crippen LogP contribution < -0.4 is 0 Å². The maximum atomic E-state index is 12.8. The van der Waals surface area contributed by atoms with Gasteiger partial charge in [-0.05, 0) is 6.92 Å². The van der Waals surface area contributed by atoms with Gasteiger partial charge in [-0.15, -0.1) is 10.2 Å². The van der Waals surface area contributed by atoms with E-state index in [1.165, 1.54) is 14.0 Å². The van der Waals surface area contributed by atoms with E-state index in [4.69, 9.17) is 5.11 Å². The fraction of sp³-hybridized carbons (Fsp3) is 0.500. The summed E-state index contributed by atoms with van der Waals surface area (Å²) in [5.41, 5.74) is 0. The maximum absolute atomic E-state index is 12.8. The van der Waals surface area contributed by atoms with E-state index < -0.39 is 17.7 Å². The Morgan fingerprint density at radius 3 is 2.38 bits per heavy atom. The molecule has 13 heavy (non-hydrogen) atoms. The van der Waals surface area contributed by atoms with Crippen molar-refractivity contribution in [3.63, 3.8) is 0 Å². The molecule has 0 fully saturated rings. The van der Waals surface area contributed by atoms with E-state index in [1.54, 1.807) is 0 Å². The molecule has 0 amide bonds. The second-order valence-corrected chi connectivity index (χ2v) is 2.51. The van der Waals surface area contributed by atoms with E-state index in [-0.39, 0.29) is 5.82 Å². The minimum absolute atomic E-state index is 0.232. The van der Waals surface area contributed by atoms with Crippen LogP contribution in [0.2, 0.25) is 0 Å². The summed E-state index contributed by atoms with van der Waals surface area (Å²) >= 11 is 0. The average molecular weight is 191 g/mol. The fourth-order valence-electron chi connectivity index (χ4n) is 0.776. The zero-order chi connectivity index (χ0) is 10.2. The van der Waals surface area contributed by atoms with Crippen LogP contribution >= 0.6 is 0 Å². The molecule has 0 bridgehead atoms. The number of rotatable bonds is 2. The highest BCUT2D eigenvalue weighted by molar-refractivity contribution is 5.76. The van der Waals surface area contributed by atoms with Gasteiger partial charge in [0.15, 0.2) is 0 Å². The largest absolute Gasteiger partial charge is 0.476 e. The molecule has 1 heterocycles. The zero-order valence-corrected chi connectivity index (χ0v) is 6.95. The lowest BCUT2D eigenvalue weighted by Crippen LogP contribution is -2.29. The summed E-state index contributed by atoms with van der Waals surface area (Å²) in [6.45, 7) is 1.45. The number of hydrogen-bond acceptors (Lipinski definition) is 3. The van der Waals surface area contributed by atoms with Crippen LogP contribution in [0.5, 0.6) is 0 Å². The second kappa shape index (κ2) is 2.75. The summed E-state index contributed by atoms with van der Waals surface area (Å²) in [4.78, 5) is 10.2. The summed E-state index contributed by atoms with van der Waals surface area (Å²) < 4.78 is 26.6. The molecule has 1 aromatic rings. The number of hydrogen-bond donors (Lipinski definition) is 1. The van der Waals surface area contributed by atoms with Crippen LogP contribution in [-0.4, -0.2) is 25.8 Å². The standard InChI is InChI=1S/C6H7F2N3O2/c1-3-9-10-4(11(3)2)6(7,8)5(12)13/h1-2H3,(H,12,13). The first kappa shape index (κ1) is 9.56. The van der Waals surface area contributed by atoms with Gasteiger partial charge in [0.2, 0.25) is 5.82 Å². The first-order valence-corrected chi connectivity index (χ1v) is 3.35. The zero-order valence-electron chi connectivity index (χ0n) is 6.95. The van der Waals surface area contributed by atoms with Gasteiger partial charge in [0.1, 0.15) is 5.82 Å². The Hall–Kier alpha value is -1.53. The lowest BCUT2D eigenvalue weighted by atomic mass is 10.3. The number of aryl methyl sites for hydroxylation is 1. The van der Waals surface area contributed by atoms with Gasteiger partial charge >= 0.3 is 11.9 Å². The third-order valence-corrected chi connectivity index (χ3v) is 1.64. The number of aromatic nitrogens is 3. The fourth-order valence-corrected chi connectivity index (χ4v) is 0.776. The molecule has 0 atom stereocenters. The molecule has 0 spiro atoms. The van der Waals surface area contributed by atoms with Crippen LogP contribution in [0, 0.1) is 6.92 Å². The van der Waals surface area contributed by atoms with Crippen molar-refractivity contribution in [2.24, 2.45) is 7.05 Å². The third-order valence-electron chi connectivity index (χ3n) is 1.64. The molecule has 1 rings (SSSR count). The SMILES string of the molecule is Cc1nnc(C(F)(F)C(=O)O)n1C. The monoisotopic (exact) mass is 191 g/mol. The molecule has 0 aliphatic carbocycles. The number of halogens is 2. The summed E-state index contributed by atoms with van der Waals surface area (Å²) in [5, 5.41) is 14.6. The van der Waals surface area contributed by atoms with E-state index in [1.807, 2.05) is 0 Å². The van der Waals surface area contributed by atoms with E-state index in [0.717, 1.165) is 4.57 Å². The molecule has 1 N–H and O–H groups in total. The number of carbonyl (C=O) groups is 1. The minimum Gasteiger partial charge on any atom is -0.476 e. The first-order chi connectivity index (χ1) is 5.87. The van der Waals surface area contributed by atoms with Crippen molar-refractivity contribution in [2.45, 2.75) is 12.8 Å². The van der Waals surface area contributed by atoms with Gasteiger partial charge in [0.25, 0.3) is 0 Å². The molecule has 0 aromatic carbocycles. The van der Waals surface area contributed by atoms with Gasteiger partial charge < -0.3 is 9.67 Å². The Bertz CT molecular complexity index is 348. The molecule has 0 saturated heterocycles. The van der Waals surface area contributed by atoms with Crippen molar-refractivity contribution < 1.29 is 18.7 Å². The lowest BCUT2D eigenvalue weighted by Gasteiger charge is -2.09. The maximum Gasteiger partial charge on any atom is 0.401 e. The molecule has 72 valence electrons. The summed E-state index contributed by atoms with van der Waals surface area (Å²) in [6.07, 6.45) is 0. The van der Waals surface area contributed by atoms with Crippen molar-refractivity contribution >= 4 is 5.97 Å². The van der Waals surface area contributed by atoms with Gasteiger partial charge in [-0.3, -0.25) is 0 Å². The van der Waals surface area contributed by atoms with Crippen molar-refractivity contribution in [3.8, 4) is 0 Å². The number of aliphatic carboxylic acids is 1. The first-order valence-electron chi connectivity index (χ1n) is 3.35. The number of carboxylic acids is 1. The number of nitrogens with zero attached hydrogens (tertiary/aromatic N) is 3. The van der Waals surface area contributed by atoms with E-state index in [0.29, 0.717) is 0 Å². The predicted molar refractivity (Wildman–Crippen MR) is 37.3 cm³/mol. The minimum atomic E-state index is -3.99. The quantitative estimate of drug-likeness (QED) is 0.729. The van der Waals surface area contributed by atoms with Crippen molar-refractivity contribution in [2.75, 3.05) is 0 Å². The van der Waals surface area contributed by atoms with E-state index >= 15 is 0 Å². The molecule has 0 aliphatic heterocycles. The Labute approximate surface area is 72.0 Å². The third kappa shape index (κ3) is 1.36. The predicted octanol–water partition coefficient (Wildman–Crippen LogP) is 0.300. The molecule has 0 aliphatic rings. The Kier molecular flexibility index (Phi) is 2.02. The van der Waals surface area contributed by atoms with Gasteiger partial charge in [-0.2, -0.15) is 8.78 Å². The molecular formula is C6H7F2N3O2. The highest BCUT2D eigenvalue weighted by Gasteiger charge is 2.45. The molecule has 7 heteroatoms. The molecule has 5 nitrogen and oxygen atoms in total. The molecule has 0 saturated carbocycles. The number of carboxylic acid groups (broad SMARTS) is 1. The topological polar surface area (TPSA) is 68.0 Å². The summed E-state index contributed by atoms with van der Waals surface area (Å²) in [7, 11) is 1.28. The highest BCUT2D eigenvalue weighted by Crippen LogP contribution is 2.26. The van der Waals surface area contributed by atoms with Gasteiger partial charge in [0, 0.05) is 7.05 Å². The molecule has 1 aromatic heterocycles. The molecule has 0 radical (unpaired) electrons. The Balaban J connectivity index is 3.22. The van der Waals surface area contributed by atoms with Gasteiger partial charge in [0.05, 0.1) is 0 Å². The second-order valence-electron chi connectivity index (χ2n) is 2.51. The summed E-state index contributed by atoms with van der Waals surface area (Å²) in [5.74, 6) is -6.85. The van der Waals surface area contributed by atoms with E-state index in [2.05, 4.69) is 10.2 Å². The Morgan fingerprint density at radius 1 is 1.54 bits per heavy atom. The number of alkyl halides is 2. The van der Waals surface area contributed by atoms with Crippen LogP contribution in [0.3, 0.4) is 0 Å². The molecule has 0 unspecified atom stereocenters. The summed E-state index contributed by atoms with van der Waals surface area (Å²) in [6, 6.07) is 0.